The average Bonchev–Trinajstić information content (AvgIpc) is 3.17. The Morgan fingerprint density at radius 1 is 1.35 bits per heavy atom. The summed E-state index contributed by atoms with van der Waals surface area (Å²) >= 11 is 6.33. The number of halogens is 1. The van der Waals surface area contributed by atoms with Crippen LogP contribution >= 0.6 is 11.6 Å². The monoisotopic (exact) mass is 371 g/mol. The van der Waals surface area contributed by atoms with Gasteiger partial charge in [0.2, 0.25) is 0 Å². The van der Waals surface area contributed by atoms with E-state index in [0.29, 0.717) is 28.5 Å². The summed E-state index contributed by atoms with van der Waals surface area (Å²) in [5, 5.41) is 0.374. The zero-order valence-corrected chi connectivity index (χ0v) is 15.4. The van der Waals surface area contributed by atoms with Crippen molar-refractivity contribution in [3.8, 4) is 5.69 Å². The summed E-state index contributed by atoms with van der Waals surface area (Å²) in [6.45, 7) is 5.87. The van der Waals surface area contributed by atoms with E-state index in [1.165, 1.54) is 0 Å². The van der Waals surface area contributed by atoms with Crippen molar-refractivity contribution in [2.45, 2.75) is 32.4 Å². The van der Waals surface area contributed by atoms with Crippen LogP contribution in [0, 0.1) is 0 Å². The molecule has 1 amide bonds. The van der Waals surface area contributed by atoms with Crippen molar-refractivity contribution in [3.63, 3.8) is 0 Å². The van der Waals surface area contributed by atoms with Gasteiger partial charge in [0.1, 0.15) is 11.9 Å². The first kappa shape index (κ1) is 16.8. The Labute approximate surface area is 156 Å². The number of rotatable bonds is 1. The van der Waals surface area contributed by atoms with Gasteiger partial charge in [0.05, 0.1) is 28.0 Å². The van der Waals surface area contributed by atoms with Crippen LogP contribution in [0.5, 0.6) is 0 Å². The minimum absolute atomic E-state index is 0.167. The second kappa shape index (κ2) is 5.71. The molecule has 0 fully saturated rings. The molecule has 0 saturated carbocycles. The molecule has 2 aromatic rings. The summed E-state index contributed by atoms with van der Waals surface area (Å²) in [5.74, 6) is -0.677. The molecule has 134 valence electrons. The van der Waals surface area contributed by atoms with E-state index in [1.54, 1.807) is 54.8 Å². The smallest absolute Gasteiger partial charge is 0.359 e. The Morgan fingerprint density at radius 2 is 2.12 bits per heavy atom. The summed E-state index contributed by atoms with van der Waals surface area (Å²) in [7, 11) is 0. The molecule has 6 nitrogen and oxygen atoms in total. The van der Waals surface area contributed by atoms with Gasteiger partial charge >= 0.3 is 5.97 Å². The van der Waals surface area contributed by atoms with Gasteiger partial charge in [-0.05, 0) is 32.9 Å². The summed E-state index contributed by atoms with van der Waals surface area (Å²) in [6, 6.07) is 4.87. The van der Waals surface area contributed by atoms with Crippen LogP contribution in [0.1, 0.15) is 53.4 Å². The summed E-state index contributed by atoms with van der Waals surface area (Å²) in [5.41, 5.74) is 1.21. The largest absolute Gasteiger partial charge is 0.455 e. The molecule has 0 saturated heterocycles. The maximum Gasteiger partial charge on any atom is 0.359 e. The zero-order valence-electron chi connectivity index (χ0n) is 14.7. The third-order valence-electron chi connectivity index (χ3n) is 4.36. The second-order valence-corrected chi connectivity index (χ2v) is 7.72. The molecule has 2 aliphatic rings. The standard InChI is InChI=1S/C19H18ClN3O3/c1-19(2,3)26-18(25)15-16-13-8-5-9-22(13)17(24)14-11(20)6-4-7-12(14)23(16)10-21-15/h4-8,10,13H,9H2,1-3H3. The fourth-order valence-electron chi connectivity index (χ4n) is 3.35. The van der Waals surface area contributed by atoms with Crippen LogP contribution in [0.3, 0.4) is 0 Å². The molecule has 0 radical (unpaired) electrons. The Hall–Kier alpha value is -2.60. The highest BCUT2D eigenvalue weighted by molar-refractivity contribution is 6.34. The molecule has 26 heavy (non-hydrogen) atoms. The van der Waals surface area contributed by atoms with Crippen molar-refractivity contribution in [3.05, 3.63) is 58.7 Å². The second-order valence-electron chi connectivity index (χ2n) is 7.31. The van der Waals surface area contributed by atoms with Crippen molar-refractivity contribution in [1.82, 2.24) is 14.5 Å². The summed E-state index contributed by atoms with van der Waals surface area (Å²) < 4.78 is 7.27. The Kier molecular flexibility index (Phi) is 3.70. The Balaban J connectivity index is 1.94. The van der Waals surface area contributed by atoms with Crippen molar-refractivity contribution in [2.24, 2.45) is 0 Å². The third-order valence-corrected chi connectivity index (χ3v) is 4.67. The first-order chi connectivity index (χ1) is 12.3. The van der Waals surface area contributed by atoms with E-state index < -0.39 is 17.6 Å². The fraction of sp³-hybridized carbons (Fsp3) is 0.316. The van der Waals surface area contributed by atoms with Gasteiger partial charge in [-0.3, -0.25) is 9.36 Å². The lowest BCUT2D eigenvalue weighted by Crippen LogP contribution is -2.31. The Morgan fingerprint density at radius 3 is 2.85 bits per heavy atom. The quantitative estimate of drug-likeness (QED) is 0.568. The van der Waals surface area contributed by atoms with E-state index in [1.807, 2.05) is 12.2 Å². The van der Waals surface area contributed by atoms with E-state index in [2.05, 4.69) is 4.98 Å². The Bertz CT molecular complexity index is 955. The SMILES string of the molecule is CC(C)(C)OC(=O)c1ncn2c1C1C=CCN1C(=O)c1c(Cl)cccc1-2. The van der Waals surface area contributed by atoms with E-state index in [9.17, 15) is 9.59 Å². The fourth-order valence-corrected chi connectivity index (χ4v) is 3.60. The number of fused-ring (bicyclic) bond motifs is 5. The molecular formula is C19H18ClN3O3. The molecule has 0 aliphatic carbocycles. The van der Waals surface area contributed by atoms with Crippen molar-refractivity contribution >= 4 is 23.5 Å². The predicted octanol–water partition coefficient (Wildman–Crippen LogP) is 3.55. The summed E-state index contributed by atoms with van der Waals surface area (Å²) in [6.07, 6.45) is 5.35. The number of amides is 1. The molecule has 1 atom stereocenters. The minimum atomic E-state index is -0.638. The average molecular weight is 372 g/mol. The number of benzene rings is 1. The number of nitrogens with zero attached hydrogens (tertiary/aromatic N) is 3. The minimum Gasteiger partial charge on any atom is -0.455 e. The van der Waals surface area contributed by atoms with Crippen LogP contribution in [0.2, 0.25) is 5.02 Å². The molecule has 7 heteroatoms. The number of esters is 1. The number of hydrogen-bond acceptors (Lipinski definition) is 4. The summed E-state index contributed by atoms with van der Waals surface area (Å²) in [4.78, 5) is 31.8. The number of aromatic nitrogens is 2. The van der Waals surface area contributed by atoms with Gasteiger partial charge in [-0.15, -0.1) is 0 Å². The van der Waals surface area contributed by atoms with Crippen LogP contribution in [-0.2, 0) is 4.74 Å². The highest BCUT2D eigenvalue weighted by Crippen LogP contribution is 2.39. The van der Waals surface area contributed by atoms with Gasteiger partial charge in [-0.1, -0.05) is 29.8 Å². The van der Waals surface area contributed by atoms with Crippen molar-refractivity contribution < 1.29 is 14.3 Å². The van der Waals surface area contributed by atoms with Crippen molar-refractivity contribution in [1.29, 1.82) is 0 Å². The predicted molar refractivity (Wildman–Crippen MR) is 96.7 cm³/mol. The van der Waals surface area contributed by atoms with Crippen LogP contribution in [0.15, 0.2) is 36.7 Å². The first-order valence-electron chi connectivity index (χ1n) is 8.35. The van der Waals surface area contributed by atoms with Gasteiger partial charge in [0, 0.05) is 6.54 Å². The van der Waals surface area contributed by atoms with Crippen LogP contribution in [-0.4, -0.2) is 38.5 Å². The number of carbonyl (C=O) groups excluding carboxylic acids is 2. The molecule has 0 N–H and O–H groups in total. The topological polar surface area (TPSA) is 64.4 Å². The van der Waals surface area contributed by atoms with Gasteiger partial charge in [-0.25, -0.2) is 9.78 Å². The molecule has 2 aliphatic heterocycles. The molecular weight excluding hydrogens is 354 g/mol. The van der Waals surface area contributed by atoms with E-state index in [4.69, 9.17) is 16.3 Å². The van der Waals surface area contributed by atoms with Gasteiger partial charge in [0.15, 0.2) is 5.69 Å². The molecule has 1 aromatic carbocycles. The normalized spacial score (nSPS) is 18.2. The highest BCUT2D eigenvalue weighted by Gasteiger charge is 2.39. The van der Waals surface area contributed by atoms with Crippen LogP contribution in [0.4, 0.5) is 0 Å². The molecule has 1 unspecified atom stereocenters. The third kappa shape index (κ3) is 2.52. The van der Waals surface area contributed by atoms with Gasteiger partial charge in [0.25, 0.3) is 5.91 Å². The first-order valence-corrected chi connectivity index (χ1v) is 8.73. The maximum absolute atomic E-state index is 13.1. The maximum atomic E-state index is 13.1. The highest BCUT2D eigenvalue weighted by atomic mass is 35.5. The molecule has 4 rings (SSSR count). The molecule has 1 aromatic heterocycles. The van der Waals surface area contributed by atoms with Crippen LogP contribution in [0.25, 0.3) is 5.69 Å². The number of ether oxygens (including phenoxy) is 1. The van der Waals surface area contributed by atoms with E-state index in [-0.39, 0.29) is 11.6 Å². The van der Waals surface area contributed by atoms with E-state index in [0.717, 1.165) is 0 Å². The molecule has 0 spiro atoms. The number of carbonyl (C=O) groups is 2. The molecule has 3 heterocycles. The van der Waals surface area contributed by atoms with E-state index >= 15 is 0 Å². The lowest BCUT2D eigenvalue weighted by molar-refractivity contribution is 0.00600. The molecule has 0 bridgehead atoms. The lowest BCUT2D eigenvalue weighted by atomic mass is 10.1. The number of imidazole rings is 1. The zero-order chi connectivity index (χ0) is 18.6. The van der Waals surface area contributed by atoms with Crippen LogP contribution < -0.4 is 0 Å². The van der Waals surface area contributed by atoms with Crippen molar-refractivity contribution in [2.75, 3.05) is 6.54 Å². The van der Waals surface area contributed by atoms with Gasteiger partial charge in [-0.2, -0.15) is 0 Å². The van der Waals surface area contributed by atoms with Gasteiger partial charge < -0.3 is 9.64 Å². The number of hydrogen-bond donors (Lipinski definition) is 0. The lowest BCUT2D eigenvalue weighted by Gasteiger charge is -2.24.